The molecule has 0 radical (unpaired) electrons. The Morgan fingerprint density at radius 3 is 2.50 bits per heavy atom. The number of phenolic OH excluding ortho intramolecular Hbond substituents is 1. The Balaban J connectivity index is 2.11. The lowest BCUT2D eigenvalue weighted by molar-refractivity contribution is -0.140. The predicted octanol–water partition coefficient (Wildman–Crippen LogP) is 5.82. The minimum absolute atomic E-state index is 0.0415. The van der Waals surface area contributed by atoms with Crippen molar-refractivity contribution in [3.63, 3.8) is 0 Å². The van der Waals surface area contributed by atoms with Gasteiger partial charge in [0.15, 0.2) is 0 Å². The monoisotopic (exact) mass is 418 g/mol. The Hall–Kier alpha value is -3.42. The van der Waals surface area contributed by atoms with Gasteiger partial charge in [-0.15, -0.1) is 0 Å². The van der Waals surface area contributed by atoms with E-state index < -0.39 is 11.9 Å². The van der Waals surface area contributed by atoms with E-state index in [-0.39, 0.29) is 33.9 Å². The first kappa shape index (κ1) is 21.3. The molecule has 0 aliphatic carbocycles. The molecule has 3 rings (SSSR count). The van der Waals surface area contributed by atoms with Gasteiger partial charge in [-0.2, -0.15) is 18.3 Å². The molecule has 0 saturated carbocycles. The maximum atomic E-state index is 13.7. The largest absolute Gasteiger partial charge is 0.507 e. The second-order valence-electron chi connectivity index (χ2n) is 6.79. The van der Waals surface area contributed by atoms with Gasteiger partial charge in [0.25, 0.3) is 0 Å². The van der Waals surface area contributed by atoms with Crippen LogP contribution in [0.5, 0.6) is 17.2 Å². The van der Waals surface area contributed by atoms with E-state index in [0.717, 1.165) is 5.57 Å². The first-order valence-corrected chi connectivity index (χ1v) is 9.11. The third kappa shape index (κ3) is 4.42. The number of phenols is 1. The second kappa shape index (κ2) is 8.52. The first-order valence-electron chi connectivity index (χ1n) is 9.11. The Kier molecular flexibility index (Phi) is 6.05. The van der Waals surface area contributed by atoms with Crippen molar-refractivity contribution < 1.29 is 27.8 Å². The highest BCUT2D eigenvalue weighted by Gasteiger charge is 2.39. The van der Waals surface area contributed by atoms with Crippen molar-refractivity contribution in [1.82, 2.24) is 10.2 Å². The van der Waals surface area contributed by atoms with Crippen molar-refractivity contribution in [3.8, 4) is 39.6 Å². The predicted molar refractivity (Wildman–Crippen MR) is 108 cm³/mol. The molecule has 0 fully saturated rings. The highest BCUT2D eigenvalue weighted by molar-refractivity contribution is 5.88. The average molecular weight is 418 g/mol. The number of hydrogen-bond donors (Lipinski definition) is 2. The normalized spacial score (nSPS) is 11.3. The topological polar surface area (TPSA) is 67.4 Å². The van der Waals surface area contributed by atoms with Gasteiger partial charge in [0.2, 0.25) is 0 Å². The van der Waals surface area contributed by atoms with Crippen LogP contribution in [-0.4, -0.2) is 29.0 Å². The molecule has 0 atom stereocenters. The molecule has 3 aromatic rings. The average Bonchev–Trinajstić information content (AvgIpc) is 3.13. The maximum Gasteiger partial charge on any atom is 0.433 e. The van der Waals surface area contributed by atoms with Crippen LogP contribution in [0.2, 0.25) is 0 Å². The fourth-order valence-electron chi connectivity index (χ4n) is 2.96. The summed E-state index contributed by atoms with van der Waals surface area (Å²) in [6, 6.07) is 10.7. The highest BCUT2D eigenvalue weighted by Crippen LogP contribution is 2.46. The van der Waals surface area contributed by atoms with E-state index in [1.165, 1.54) is 25.3 Å². The zero-order valence-electron chi connectivity index (χ0n) is 16.7. The smallest absolute Gasteiger partial charge is 0.433 e. The molecular formula is C22H21F3N2O3. The minimum atomic E-state index is -4.68. The number of nitrogens with one attached hydrogen (secondary N) is 1. The van der Waals surface area contributed by atoms with Crippen LogP contribution < -0.4 is 9.47 Å². The molecule has 8 heteroatoms. The third-order valence-corrected chi connectivity index (χ3v) is 4.39. The van der Waals surface area contributed by atoms with E-state index in [0.29, 0.717) is 12.4 Å². The molecule has 1 aromatic heterocycles. The summed E-state index contributed by atoms with van der Waals surface area (Å²) in [4.78, 5) is 0. The van der Waals surface area contributed by atoms with Gasteiger partial charge in [-0.1, -0.05) is 23.8 Å². The molecule has 0 unspecified atom stereocenters. The Labute approximate surface area is 171 Å². The number of allylic oxidation sites excluding steroid dienone is 1. The molecular weight excluding hydrogens is 397 g/mol. The summed E-state index contributed by atoms with van der Waals surface area (Å²) in [6.07, 6.45) is -2.81. The van der Waals surface area contributed by atoms with Gasteiger partial charge in [0.1, 0.15) is 35.2 Å². The number of alkyl halides is 3. The van der Waals surface area contributed by atoms with Gasteiger partial charge in [-0.05, 0) is 38.1 Å². The fraction of sp³-hybridized carbons (Fsp3) is 0.227. The number of methoxy groups -OCH3 is 1. The number of benzene rings is 2. The number of nitrogens with zero attached hydrogens (tertiary/aromatic N) is 1. The van der Waals surface area contributed by atoms with Crippen LogP contribution in [-0.2, 0) is 6.18 Å². The number of aromatic nitrogens is 2. The SMILES string of the molecule is COc1ccccc1-c1c(-c2ccc(OCC=C(C)C)cc2O)n[nH]c1C(F)(F)F. The lowest BCUT2D eigenvalue weighted by Crippen LogP contribution is -2.07. The van der Waals surface area contributed by atoms with E-state index in [9.17, 15) is 18.3 Å². The third-order valence-electron chi connectivity index (χ3n) is 4.39. The molecule has 0 saturated heterocycles. The van der Waals surface area contributed by atoms with E-state index in [1.807, 2.05) is 19.9 Å². The summed E-state index contributed by atoms with van der Waals surface area (Å²) in [5, 5.41) is 16.4. The van der Waals surface area contributed by atoms with Crippen molar-refractivity contribution >= 4 is 0 Å². The summed E-state index contributed by atoms with van der Waals surface area (Å²) in [6.45, 7) is 4.17. The number of hydrogen-bond acceptors (Lipinski definition) is 4. The van der Waals surface area contributed by atoms with Gasteiger partial charge in [0, 0.05) is 22.8 Å². The Morgan fingerprint density at radius 2 is 1.87 bits per heavy atom. The van der Waals surface area contributed by atoms with Crippen LogP contribution in [0.4, 0.5) is 13.2 Å². The molecule has 0 aliphatic rings. The number of aromatic amines is 1. The number of H-pyrrole nitrogens is 1. The van der Waals surface area contributed by atoms with Crippen molar-refractivity contribution in [2.45, 2.75) is 20.0 Å². The van der Waals surface area contributed by atoms with Crippen LogP contribution in [0, 0.1) is 0 Å². The molecule has 0 bridgehead atoms. The van der Waals surface area contributed by atoms with Crippen LogP contribution in [0.25, 0.3) is 22.4 Å². The van der Waals surface area contributed by atoms with Crippen LogP contribution >= 0.6 is 0 Å². The van der Waals surface area contributed by atoms with Gasteiger partial charge in [-0.25, -0.2) is 0 Å². The molecule has 2 aromatic carbocycles. The zero-order chi connectivity index (χ0) is 21.9. The molecule has 5 nitrogen and oxygen atoms in total. The molecule has 2 N–H and O–H groups in total. The van der Waals surface area contributed by atoms with Gasteiger partial charge in [-0.3, -0.25) is 5.10 Å². The van der Waals surface area contributed by atoms with Crippen molar-refractivity contribution in [2.75, 3.05) is 13.7 Å². The molecule has 0 aliphatic heterocycles. The number of para-hydroxylation sites is 1. The standard InChI is InChI=1S/C22H21F3N2O3/c1-13(2)10-11-30-14-8-9-15(17(28)12-14)20-19(21(27-26-20)22(23,24)25)16-6-4-5-7-18(16)29-3/h4-10,12,28H,11H2,1-3H3,(H,26,27). The zero-order valence-corrected chi connectivity index (χ0v) is 16.7. The second-order valence-corrected chi connectivity index (χ2v) is 6.79. The quantitative estimate of drug-likeness (QED) is 0.495. The lowest BCUT2D eigenvalue weighted by atomic mass is 9.97. The molecule has 1 heterocycles. The van der Waals surface area contributed by atoms with E-state index in [2.05, 4.69) is 10.2 Å². The van der Waals surface area contributed by atoms with E-state index in [4.69, 9.17) is 9.47 Å². The minimum Gasteiger partial charge on any atom is -0.507 e. The number of aromatic hydroxyl groups is 1. The van der Waals surface area contributed by atoms with Gasteiger partial charge >= 0.3 is 6.18 Å². The van der Waals surface area contributed by atoms with Crippen molar-refractivity contribution in [2.24, 2.45) is 0 Å². The van der Waals surface area contributed by atoms with Crippen LogP contribution in [0.15, 0.2) is 54.1 Å². The van der Waals surface area contributed by atoms with Gasteiger partial charge in [0.05, 0.1) is 7.11 Å². The maximum absolute atomic E-state index is 13.7. The van der Waals surface area contributed by atoms with Gasteiger partial charge < -0.3 is 14.6 Å². The van der Waals surface area contributed by atoms with Crippen molar-refractivity contribution in [1.29, 1.82) is 0 Å². The Morgan fingerprint density at radius 1 is 1.13 bits per heavy atom. The van der Waals surface area contributed by atoms with Crippen LogP contribution in [0.3, 0.4) is 0 Å². The molecule has 158 valence electrons. The van der Waals surface area contributed by atoms with E-state index in [1.54, 1.807) is 24.3 Å². The highest BCUT2D eigenvalue weighted by atomic mass is 19.4. The van der Waals surface area contributed by atoms with Crippen LogP contribution in [0.1, 0.15) is 19.5 Å². The fourth-order valence-corrected chi connectivity index (χ4v) is 2.96. The van der Waals surface area contributed by atoms with Crippen molar-refractivity contribution in [3.05, 3.63) is 59.8 Å². The lowest BCUT2D eigenvalue weighted by Gasteiger charge is -2.13. The summed E-state index contributed by atoms with van der Waals surface area (Å²) in [7, 11) is 1.38. The van der Waals surface area contributed by atoms with E-state index >= 15 is 0 Å². The number of rotatable bonds is 6. The molecule has 30 heavy (non-hydrogen) atoms. The first-order chi connectivity index (χ1) is 14.2. The summed E-state index contributed by atoms with van der Waals surface area (Å²) in [5.74, 6) is 0.395. The molecule has 0 amide bonds. The molecule has 0 spiro atoms. The number of ether oxygens (including phenoxy) is 2. The summed E-state index contributed by atoms with van der Waals surface area (Å²) in [5.41, 5.74) is 0.156. The number of halogens is 3. The summed E-state index contributed by atoms with van der Waals surface area (Å²) < 4.78 is 51.8. The summed E-state index contributed by atoms with van der Waals surface area (Å²) >= 11 is 0. The Bertz CT molecular complexity index is 1070.